The molecular weight excluding hydrogens is 231 g/mol. The first kappa shape index (κ1) is 12.3. The molecule has 2 aromatic carbocycles. The fourth-order valence-corrected chi connectivity index (χ4v) is 1.56. The first-order chi connectivity index (χ1) is 8.66. The number of halogens is 1. The molecular formula is C14H13FN2O. The summed E-state index contributed by atoms with van der Waals surface area (Å²) in [7, 11) is 0. The number of nitrogens with one attached hydrogen (secondary N) is 1. The fourth-order valence-electron chi connectivity index (χ4n) is 1.56. The molecule has 0 unspecified atom stereocenters. The third-order valence-electron chi connectivity index (χ3n) is 2.55. The van der Waals surface area contributed by atoms with E-state index in [1.807, 2.05) is 18.2 Å². The molecule has 0 heterocycles. The Hall–Kier alpha value is -2.20. The van der Waals surface area contributed by atoms with E-state index in [1.165, 1.54) is 24.3 Å². The van der Waals surface area contributed by atoms with Crippen LogP contribution in [-0.4, -0.2) is 5.91 Å². The molecule has 1 atom stereocenters. The van der Waals surface area contributed by atoms with Gasteiger partial charge in [0.15, 0.2) is 0 Å². The summed E-state index contributed by atoms with van der Waals surface area (Å²) < 4.78 is 12.8. The van der Waals surface area contributed by atoms with Crippen molar-refractivity contribution in [2.24, 2.45) is 5.73 Å². The zero-order valence-electron chi connectivity index (χ0n) is 9.64. The van der Waals surface area contributed by atoms with Crippen LogP contribution in [0.25, 0.3) is 0 Å². The van der Waals surface area contributed by atoms with E-state index in [9.17, 15) is 9.18 Å². The highest BCUT2D eigenvalue weighted by atomic mass is 19.1. The number of anilines is 1. The summed E-state index contributed by atoms with van der Waals surface area (Å²) in [6, 6.07) is 13.8. The second kappa shape index (κ2) is 5.42. The molecule has 3 N–H and O–H groups in total. The van der Waals surface area contributed by atoms with Crippen molar-refractivity contribution in [1.29, 1.82) is 0 Å². The summed E-state index contributed by atoms with van der Waals surface area (Å²) in [5.74, 6) is -0.678. The molecule has 2 aromatic rings. The molecule has 0 saturated carbocycles. The van der Waals surface area contributed by atoms with E-state index < -0.39 is 6.04 Å². The molecule has 4 heteroatoms. The smallest absolute Gasteiger partial charge is 0.245 e. The van der Waals surface area contributed by atoms with Crippen LogP contribution < -0.4 is 11.1 Å². The van der Waals surface area contributed by atoms with E-state index in [-0.39, 0.29) is 11.7 Å². The number of carbonyl (C=O) groups is 1. The molecule has 0 bridgehead atoms. The number of hydrogen-bond donors (Lipinski definition) is 2. The van der Waals surface area contributed by atoms with Crippen LogP contribution in [0.3, 0.4) is 0 Å². The predicted molar refractivity (Wildman–Crippen MR) is 68.4 cm³/mol. The lowest BCUT2D eigenvalue weighted by atomic mass is 10.1. The second-order valence-electron chi connectivity index (χ2n) is 3.88. The number of rotatable bonds is 3. The average molecular weight is 244 g/mol. The number of benzene rings is 2. The molecule has 2 rings (SSSR count). The molecule has 0 spiro atoms. The van der Waals surface area contributed by atoms with E-state index in [0.717, 1.165) is 0 Å². The van der Waals surface area contributed by atoms with Crippen LogP contribution in [-0.2, 0) is 4.79 Å². The van der Waals surface area contributed by atoms with E-state index in [4.69, 9.17) is 5.73 Å². The maximum Gasteiger partial charge on any atom is 0.245 e. The van der Waals surface area contributed by atoms with Gasteiger partial charge in [-0.1, -0.05) is 30.3 Å². The van der Waals surface area contributed by atoms with Crippen LogP contribution in [0.15, 0.2) is 54.6 Å². The summed E-state index contributed by atoms with van der Waals surface area (Å²) >= 11 is 0. The first-order valence-electron chi connectivity index (χ1n) is 5.54. The van der Waals surface area contributed by atoms with Gasteiger partial charge in [0.2, 0.25) is 5.91 Å². The number of amides is 1. The fraction of sp³-hybridized carbons (Fsp3) is 0.0714. The Labute approximate surface area is 104 Å². The van der Waals surface area contributed by atoms with E-state index in [2.05, 4.69) is 5.32 Å². The summed E-state index contributed by atoms with van der Waals surface area (Å²) in [5, 5.41) is 2.70. The maximum absolute atomic E-state index is 12.8. The molecule has 18 heavy (non-hydrogen) atoms. The lowest BCUT2D eigenvalue weighted by Gasteiger charge is -2.12. The van der Waals surface area contributed by atoms with Gasteiger partial charge < -0.3 is 11.1 Å². The van der Waals surface area contributed by atoms with Crippen LogP contribution in [0.2, 0.25) is 0 Å². The summed E-state index contributed by atoms with van der Waals surface area (Å²) in [6.07, 6.45) is 0. The number of nitrogens with two attached hydrogens (primary N) is 1. The Morgan fingerprint density at radius 3 is 2.28 bits per heavy atom. The molecule has 0 saturated heterocycles. The van der Waals surface area contributed by atoms with Crippen molar-refractivity contribution < 1.29 is 9.18 Å². The molecule has 0 aliphatic rings. The number of carbonyl (C=O) groups excluding carboxylic acids is 1. The highest BCUT2D eigenvalue weighted by Crippen LogP contribution is 2.14. The zero-order valence-corrected chi connectivity index (χ0v) is 9.64. The molecule has 0 fully saturated rings. The van der Waals surface area contributed by atoms with Gasteiger partial charge >= 0.3 is 0 Å². The van der Waals surface area contributed by atoms with Crippen molar-refractivity contribution in [3.05, 3.63) is 66.0 Å². The molecule has 92 valence electrons. The third kappa shape index (κ3) is 2.93. The monoisotopic (exact) mass is 244 g/mol. The Morgan fingerprint density at radius 1 is 1.06 bits per heavy atom. The minimum atomic E-state index is -0.814. The van der Waals surface area contributed by atoms with Crippen molar-refractivity contribution in [2.75, 3.05) is 5.32 Å². The van der Waals surface area contributed by atoms with Gasteiger partial charge in [0, 0.05) is 5.69 Å². The molecule has 3 nitrogen and oxygen atoms in total. The second-order valence-corrected chi connectivity index (χ2v) is 3.88. The Bertz CT molecular complexity index is 525. The Balaban J connectivity index is 2.07. The van der Waals surface area contributed by atoms with Gasteiger partial charge in [0.05, 0.1) is 0 Å². The number of hydrogen-bond acceptors (Lipinski definition) is 2. The van der Waals surface area contributed by atoms with Crippen molar-refractivity contribution in [1.82, 2.24) is 0 Å². The minimum absolute atomic E-state index is 0.326. The Kier molecular flexibility index (Phi) is 3.69. The normalized spacial score (nSPS) is 11.9. The van der Waals surface area contributed by atoms with Crippen molar-refractivity contribution in [3.63, 3.8) is 0 Å². The maximum atomic E-state index is 12.8. The summed E-state index contributed by atoms with van der Waals surface area (Å²) in [6.45, 7) is 0. The van der Waals surface area contributed by atoms with Crippen molar-refractivity contribution in [3.8, 4) is 0 Å². The van der Waals surface area contributed by atoms with E-state index in [0.29, 0.717) is 11.3 Å². The molecule has 0 aliphatic carbocycles. The van der Waals surface area contributed by atoms with Crippen LogP contribution in [0.1, 0.15) is 11.6 Å². The first-order valence-corrected chi connectivity index (χ1v) is 5.54. The van der Waals surface area contributed by atoms with Gasteiger partial charge in [-0.25, -0.2) is 4.39 Å². The van der Waals surface area contributed by atoms with Gasteiger partial charge in [0.25, 0.3) is 0 Å². The van der Waals surface area contributed by atoms with Gasteiger partial charge in [-0.05, 0) is 29.8 Å². The summed E-state index contributed by atoms with van der Waals surface area (Å²) in [5.41, 5.74) is 7.06. The highest BCUT2D eigenvalue weighted by Gasteiger charge is 2.15. The summed E-state index contributed by atoms with van der Waals surface area (Å²) in [4.78, 5) is 11.9. The van der Waals surface area contributed by atoms with Gasteiger partial charge in [-0.15, -0.1) is 0 Å². The SMILES string of the molecule is N[C@@H](C(=O)Nc1ccccc1)c1ccc(F)cc1. The van der Waals surface area contributed by atoms with Gasteiger partial charge in [-0.3, -0.25) is 4.79 Å². The van der Waals surface area contributed by atoms with E-state index in [1.54, 1.807) is 12.1 Å². The van der Waals surface area contributed by atoms with Gasteiger partial charge in [0.1, 0.15) is 11.9 Å². The topological polar surface area (TPSA) is 55.1 Å². The molecule has 0 aliphatic heterocycles. The zero-order chi connectivity index (χ0) is 13.0. The highest BCUT2D eigenvalue weighted by molar-refractivity contribution is 5.95. The van der Waals surface area contributed by atoms with E-state index >= 15 is 0 Å². The van der Waals surface area contributed by atoms with Crippen LogP contribution >= 0.6 is 0 Å². The predicted octanol–water partition coefficient (Wildman–Crippen LogP) is 2.46. The van der Waals surface area contributed by atoms with Crippen LogP contribution in [0.5, 0.6) is 0 Å². The van der Waals surface area contributed by atoms with Crippen LogP contribution in [0, 0.1) is 5.82 Å². The lowest BCUT2D eigenvalue weighted by molar-refractivity contribution is -0.117. The quantitative estimate of drug-likeness (QED) is 0.871. The standard InChI is InChI=1S/C14H13FN2O/c15-11-8-6-10(7-9-11)13(16)14(18)17-12-4-2-1-3-5-12/h1-9,13H,16H2,(H,17,18)/t13-/m1/s1. The minimum Gasteiger partial charge on any atom is -0.324 e. The molecule has 0 radical (unpaired) electrons. The van der Waals surface area contributed by atoms with Gasteiger partial charge in [-0.2, -0.15) is 0 Å². The van der Waals surface area contributed by atoms with Crippen molar-refractivity contribution >= 4 is 11.6 Å². The lowest BCUT2D eigenvalue weighted by Crippen LogP contribution is -2.27. The molecule has 1 amide bonds. The largest absolute Gasteiger partial charge is 0.324 e. The Morgan fingerprint density at radius 2 is 1.67 bits per heavy atom. The third-order valence-corrected chi connectivity index (χ3v) is 2.55. The van der Waals surface area contributed by atoms with Crippen molar-refractivity contribution in [2.45, 2.75) is 6.04 Å². The van der Waals surface area contributed by atoms with Crippen LogP contribution in [0.4, 0.5) is 10.1 Å². The molecule has 0 aromatic heterocycles. The number of para-hydroxylation sites is 1. The average Bonchev–Trinajstić information content (AvgIpc) is 2.40.